The van der Waals surface area contributed by atoms with E-state index in [0.29, 0.717) is 12.5 Å². The summed E-state index contributed by atoms with van der Waals surface area (Å²) in [6.07, 6.45) is 1.73. The first kappa shape index (κ1) is 12.0. The van der Waals surface area contributed by atoms with Crippen molar-refractivity contribution in [1.29, 1.82) is 0 Å². The third kappa shape index (κ3) is 2.82. The molecule has 1 aliphatic rings. The summed E-state index contributed by atoms with van der Waals surface area (Å²) in [6.45, 7) is 7.76. The Morgan fingerprint density at radius 2 is 2.18 bits per heavy atom. The molecule has 0 spiro atoms. The summed E-state index contributed by atoms with van der Waals surface area (Å²) < 4.78 is 1.70. The van der Waals surface area contributed by atoms with Gasteiger partial charge in [-0.3, -0.25) is 4.79 Å². The van der Waals surface area contributed by atoms with Gasteiger partial charge in [0.2, 0.25) is 5.91 Å². The van der Waals surface area contributed by atoms with Crippen molar-refractivity contribution in [2.24, 2.45) is 0 Å². The van der Waals surface area contributed by atoms with Crippen molar-refractivity contribution in [3.05, 3.63) is 11.9 Å². The molecular formula is C11H19N5O. The second-order valence-electron chi connectivity index (χ2n) is 4.60. The molecule has 0 unspecified atom stereocenters. The molecule has 17 heavy (non-hydrogen) atoms. The minimum absolute atomic E-state index is 0.124. The largest absolute Gasteiger partial charge is 0.339 e. The van der Waals surface area contributed by atoms with E-state index in [0.717, 1.165) is 31.9 Å². The first-order chi connectivity index (χ1) is 8.18. The van der Waals surface area contributed by atoms with E-state index in [1.54, 1.807) is 10.9 Å². The normalized spacial score (nSPS) is 16.5. The highest BCUT2D eigenvalue weighted by Gasteiger charge is 2.18. The number of carbonyl (C=O) groups excluding carboxylic acids is 1. The fourth-order valence-electron chi connectivity index (χ4n) is 1.98. The average Bonchev–Trinajstić information content (AvgIpc) is 2.78. The Morgan fingerprint density at radius 1 is 1.47 bits per heavy atom. The second-order valence-corrected chi connectivity index (χ2v) is 4.60. The topological polar surface area (TPSA) is 63.1 Å². The molecule has 2 rings (SSSR count). The lowest BCUT2D eigenvalue weighted by Gasteiger charge is -2.27. The van der Waals surface area contributed by atoms with E-state index in [1.807, 2.05) is 4.90 Å². The van der Waals surface area contributed by atoms with Crippen molar-refractivity contribution in [2.75, 3.05) is 26.2 Å². The number of amides is 1. The van der Waals surface area contributed by atoms with Gasteiger partial charge in [-0.15, -0.1) is 5.10 Å². The molecule has 1 aromatic rings. The van der Waals surface area contributed by atoms with Crippen LogP contribution in [0.3, 0.4) is 0 Å². The van der Waals surface area contributed by atoms with Gasteiger partial charge in [0, 0.05) is 26.2 Å². The summed E-state index contributed by atoms with van der Waals surface area (Å²) in [7, 11) is 0. The van der Waals surface area contributed by atoms with Crippen molar-refractivity contribution in [2.45, 2.75) is 26.3 Å². The van der Waals surface area contributed by atoms with E-state index < -0.39 is 0 Å². The van der Waals surface area contributed by atoms with E-state index in [9.17, 15) is 4.79 Å². The molecule has 0 bridgehead atoms. The van der Waals surface area contributed by atoms with Crippen LogP contribution >= 0.6 is 0 Å². The smallest absolute Gasteiger partial charge is 0.244 e. The van der Waals surface area contributed by atoms with E-state index >= 15 is 0 Å². The molecule has 1 fully saturated rings. The van der Waals surface area contributed by atoms with E-state index in [4.69, 9.17) is 0 Å². The molecular weight excluding hydrogens is 218 g/mol. The molecule has 1 aromatic heterocycles. The Hall–Kier alpha value is -1.43. The standard InChI is InChI=1S/C11H19N5O/c1-9(2)10-7-13-14-16(10)8-11(17)15-5-3-12-4-6-15/h7,9,12H,3-6,8H2,1-2H3. The molecule has 6 nitrogen and oxygen atoms in total. The van der Waals surface area contributed by atoms with Crippen molar-refractivity contribution < 1.29 is 4.79 Å². The van der Waals surface area contributed by atoms with E-state index in [-0.39, 0.29) is 5.91 Å². The lowest BCUT2D eigenvalue weighted by molar-refractivity contribution is -0.132. The molecule has 1 N–H and O–H groups in total. The molecule has 0 saturated carbocycles. The summed E-state index contributed by atoms with van der Waals surface area (Å²) in [5.74, 6) is 0.458. The minimum atomic E-state index is 0.124. The van der Waals surface area contributed by atoms with Gasteiger partial charge in [0.25, 0.3) is 0 Å². The third-order valence-electron chi connectivity index (χ3n) is 2.99. The van der Waals surface area contributed by atoms with Crippen LogP contribution in [0, 0.1) is 0 Å². The number of carbonyl (C=O) groups is 1. The number of nitrogens with zero attached hydrogens (tertiary/aromatic N) is 4. The molecule has 0 aliphatic carbocycles. The molecule has 0 radical (unpaired) electrons. The summed E-state index contributed by atoms with van der Waals surface area (Å²) in [6, 6.07) is 0. The Labute approximate surface area is 101 Å². The van der Waals surface area contributed by atoms with Crippen LogP contribution in [0.15, 0.2) is 6.20 Å². The van der Waals surface area contributed by atoms with Crippen LogP contribution in [-0.2, 0) is 11.3 Å². The van der Waals surface area contributed by atoms with Crippen molar-refractivity contribution in [3.8, 4) is 0 Å². The zero-order chi connectivity index (χ0) is 12.3. The Kier molecular flexibility index (Phi) is 3.73. The first-order valence-corrected chi connectivity index (χ1v) is 6.05. The highest BCUT2D eigenvalue weighted by atomic mass is 16.2. The summed E-state index contributed by atoms with van der Waals surface area (Å²) in [5.41, 5.74) is 1.01. The van der Waals surface area contributed by atoms with E-state index in [1.165, 1.54) is 0 Å². The van der Waals surface area contributed by atoms with Gasteiger partial charge in [-0.25, -0.2) is 4.68 Å². The maximum Gasteiger partial charge on any atom is 0.244 e. The number of rotatable bonds is 3. The third-order valence-corrected chi connectivity index (χ3v) is 2.99. The van der Waals surface area contributed by atoms with Gasteiger partial charge in [-0.05, 0) is 5.92 Å². The van der Waals surface area contributed by atoms with Crippen LogP contribution in [0.4, 0.5) is 0 Å². The van der Waals surface area contributed by atoms with Crippen LogP contribution in [0.5, 0.6) is 0 Å². The summed E-state index contributed by atoms with van der Waals surface area (Å²) >= 11 is 0. The van der Waals surface area contributed by atoms with Crippen molar-refractivity contribution >= 4 is 5.91 Å². The number of nitrogens with one attached hydrogen (secondary N) is 1. The van der Waals surface area contributed by atoms with E-state index in [2.05, 4.69) is 29.5 Å². The van der Waals surface area contributed by atoms with Gasteiger partial charge < -0.3 is 10.2 Å². The predicted molar refractivity (Wildman–Crippen MR) is 63.6 cm³/mol. The molecule has 1 aliphatic heterocycles. The fraction of sp³-hybridized carbons (Fsp3) is 0.727. The maximum absolute atomic E-state index is 12.0. The number of piperazine rings is 1. The number of hydrogen-bond donors (Lipinski definition) is 1. The fourth-order valence-corrected chi connectivity index (χ4v) is 1.98. The lowest BCUT2D eigenvalue weighted by atomic mass is 10.1. The monoisotopic (exact) mass is 237 g/mol. The first-order valence-electron chi connectivity index (χ1n) is 6.05. The summed E-state index contributed by atoms with van der Waals surface area (Å²) in [4.78, 5) is 13.9. The van der Waals surface area contributed by atoms with Crippen LogP contribution in [0.1, 0.15) is 25.5 Å². The second kappa shape index (κ2) is 5.27. The minimum Gasteiger partial charge on any atom is -0.339 e. The Morgan fingerprint density at radius 3 is 2.82 bits per heavy atom. The van der Waals surface area contributed by atoms with Crippen molar-refractivity contribution in [1.82, 2.24) is 25.2 Å². The van der Waals surface area contributed by atoms with Gasteiger partial charge in [-0.1, -0.05) is 19.1 Å². The predicted octanol–water partition coefficient (Wildman–Crippen LogP) is -0.167. The van der Waals surface area contributed by atoms with Gasteiger partial charge in [0.1, 0.15) is 6.54 Å². The zero-order valence-electron chi connectivity index (χ0n) is 10.4. The Bertz CT molecular complexity index is 381. The molecule has 0 aromatic carbocycles. The zero-order valence-corrected chi connectivity index (χ0v) is 10.4. The number of hydrogen-bond acceptors (Lipinski definition) is 4. The SMILES string of the molecule is CC(C)c1cnnn1CC(=O)N1CCNCC1. The van der Waals surface area contributed by atoms with Crippen molar-refractivity contribution in [3.63, 3.8) is 0 Å². The average molecular weight is 237 g/mol. The molecule has 0 atom stereocenters. The van der Waals surface area contributed by atoms with Gasteiger partial charge in [0.15, 0.2) is 0 Å². The molecule has 1 saturated heterocycles. The number of aromatic nitrogens is 3. The van der Waals surface area contributed by atoms with Crippen LogP contribution in [-0.4, -0.2) is 52.0 Å². The summed E-state index contributed by atoms with van der Waals surface area (Å²) in [5, 5.41) is 11.1. The quantitative estimate of drug-likeness (QED) is 0.793. The van der Waals surface area contributed by atoms with Gasteiger partial charge in [-0.2, -0.15) is 0 Å². The van der Waals surface area contributed by atoms with Crippen LogP contribution < -0.4 is 5.32 Å². The Balaban J connectivity index is 1.99. The van der Waals surface area contributed by atoms with Gasteiger partial charge in [0.05, 0.1) is 11.9 Å². The van der Waals surface area contributed by atoms with Gasteiger partial charge >= 0.3 is 0 Å². The molecule has 94 valence electrons. The molecule has 2 heterocycles. The molecule has 1 amide bonds. The van der Waals surface area contributed by atoms with Crippen LogP contribution in [0.25, 0.3) is 0 Å². The highest BCUT2D eigenvalue weighted by molar-refractivity contribution is 5.76. The molecule has 6 heteroatoms. The van der Waals surface area contributed by atoms with Crippen LogP contribution in [0.2, 0.25) is 0 Å². The highest BCUT2D eigenvalue weighted by Crippen LogP contribution is 2.12. The lowest BCUT2D eigenvalue weighted by Crippen LogP contribution is -2.47. The maximum atomic E-state index is 12.0.